The van der Waals surface area contributed by atoms with Crippen molar-refractivity contribution in [2.75, 3.05) is 0 Å². The third-order valence-electron chi connectivity index (χ3n) is 5.92. The van der Waals surface area contributed by atoms with Crippen LogP contribution in [0.25, 0.3) is 21.9 Å². The summed E-state index contributed by atoms with van der Waals surface area (Å²) in [5.41, 5.74) is 2.70. The van der Waals surface area contributed by atoms with E-state index in [9.17, 15) is 22.0 Å². The molecular weight excluding hydrogens is 478 g/mol. The van der Waals surface area contributed by atoms with Crippen LogP contribution in [0.1, 0.15) is 23.1 Å². The second-order valence-electron chi connectivity index (χ2n) is 8.43. The van der Waals surface area contributed by atoms with Crippen molar-refractivity contribution in [2.45, 2.75) is 32.0 Å². The van der Waals surface area contributed by atoms with E-state index in [1.807, 2.05) is 6.07 Å². The summed E-state index contributed by atoms with van der Waals surface area (Å²) < 4.78 is 84.4. The monoisotopic (exact) mass is 500 g/mol. The van der Waals surface area contributed by atoms with Crippen LogP contribution in [0, 0.1) is 17.5 Å². The molecule has 0 spiro atoms. The Bertz CT molecular complexity index is 1410. The van der Waals surface area contributed by atoms with Crippen LogP contribution in [-0.4, -0.2) is 6.36 Å². The van der Waals surface area contributed by atoms with Crippen molar-refractivity contribution in [1.82, 2.24) is 0 Å². The third-order valence-corrected chi connectivity index (χ3v) is 5.92. The summed E-state index contributed by atoms with van der Waals surface area (Å²) in [7, 11) is 0. The average molecular weight is 500 g/mol. The van der Waals surface area contributed by atoms with Gasteiger partial charge in [-0.05, 0) is 77.6 Å². The van der Waals surface area contributed by atoms with Crippen molar-refractivity contribution in [2.24, 2.45) is 0 Å². The number of rotatable bonds is 8. The minimum absolute atomic E-state index is 0.212. The lowest BCUT2D eigenvalue weighted by Crippen LogP contribution is -2.18. The number of allylic oxidation sites excluding steroid dienone is 1. The SMILES string of the molecule is C=CCCc1ccc(-c2ccc3c(F)c(CCc4ccc(OC(F)(F)F)c(F)c4)ccc3c2)c(F)c1. The van der Waals surface area contributed by atoms with Gasteiger partial charge in [-0.25, -0.2) is 13.2 Å². The Morgan fingerprint density at radius 3 is 2.17 bits per heavy atom. The number of fused-ring (bicyclic) bond motifs is 1. The van der Waals surface area contributed by atoms with Gasteiger partial charge in [-0.3, -0.25) is 0 Å². The van der Waals surface area contributed by atoms with Gasteiger partial charge in [0.25, 0.3) is 0 Å². The quantitative estimate of drug-likeness (QED) is 0.174. The largest absolute Gasteiger partial charge is 0.573 e. The Morgan fingerprint density at radius 2 is 1.47 bits per heavy atom. The third kappa shape index (κ3) is 5.90. The van der Waals surface area contributed by atoms with Gasteiger partial charge < -0.3 is 4.74 Å². The number of hydrogen-bond donors (Lipinski definition) is 0. The zero-order chi connectivity index (χ0) is 25.9. The maximum absolute atomic E-state index is 15.2. The van der Waals surface area contributed by atoms with Gasteiger partial charge in [-0.1, -0.05) is 48.5 Å². The molecular formula is C29H22F6O. The highest BCUT2D eigenvalue weighted by molar-refractivity contribution is 5.88. The number of benzene rings is 4. The highest BCUT2D eigenvalue weighted by Gasteiger charge is 2.32. The zero-order valence-corrected chi connectivity index (χ0v) is 19.1. The van der Waals surface area contributed by atoms with Crippen molar-refractivity contribution in [3.8, 4) is 16.9 Å². The number of hydrogen-bond acceptors (Lipinski definition) is 1. The molecule has 7 heteroatoms. The van der Waals surface area contributed by atoms with Gasteiger partial charge in [0, 0.05) is 10.9 Å². The van der Waals surface area contributed by atoms with Gasteiger partial charge in [0.15, 0.2) is 11.6 Å². The maximum atomic E-state index is 15.2. The van der Waals surface area contributed by atoms with Gasteiger partial charge >= 0.3 is 6.36 Å². The molecule has 36 heavy (non-hydrogen) atoms. The van der Waals surface area contributed by atoms with E-state index in [0.717, 1.165) is 24.1 Å². The summed E-state index contributed by atoms with van der Waals surface area (Å²) in [6.45, 7) is 3.67. The molecule has 0 saturated heterocycles. The number of halogens is 6. The van der Waals surface area contributed by atoms with E-state index in [2.05, 4.69) is 11.3 Å². The first-order valence-corrected chi connectivity index (χ1v) is 11.3. The Morgan fingerprint density at radius 1 is 0.750 bits per heavy atom. The first kappa shape index (κ1) is 25.4. The van der Waals surface area contributed by atoms with Crippen LogP contribution in [0.2, 0.25) is 0 Å². The van der Waals surface area contributed by atoms with E-state index in [0.29, 0.717) is 39.4 Å². The Hall–Kier alpha value is -3.74. The molecule has 0 aliphatic heterocycles. The van der Waals surface area contributed by atoms with E-state index >= 15 is 4.39 Å². The Balaban J connectivity index is 1.52. The lowest BCUT2D eigenvalue weighted by atomic mass is 9.96. The predicted molar refractivity (Wildman–Crippen MR) is 128 cm³/mol. The van der Waals surface area contributed by atoms with Crippen molar-refractivity contribution >= 4 is 10.8 Å². The number of aryl methyl sites for hydroxylation is 3. The molecule has 0 fully saturated rings. The smallest absolute Gasteiger partial charge is 0.403 e. The van der Waals surface area contributed by atoms with Crippen LogP contribution in [0.3, 0.4) is 0 Å². The fourth-order valence-corrected chi connectivity index (χ4v) is 4.10. The van der Waals surface area contributed by atoms with E-state index in [4.69, 9.17) is 0 Å². The molecule has 0 heterocycles. The Labute approximate surface area is 204 Å². The first-order chi connectivity index (χ1) is 17.1. The summed E-state index contributed by atoms with van der Waals surface area (Å²) in [5.74, 6) is -2.86. The molecule has 0 aliphatic rings. The lowest BCUT2D eigenvalue weighted by molar-refractivity contribution is -0.275. The highest BCUT2D eigenvalue weighted by atomic mass is 19.4. The zero-order valence-electron chi connectivity index (χ0n) is 19.1. The minimum Gasteiger partial charge on any atom is -0.403 e. The minimum atomic E-state index is -4.99. The standard InChI is InChI=1S/C29H22F6O/c1-2-3-4-18-6-12-23(25(30)15-18)21-11-13-24-22(17-21)10-9-20(28(24)32)8-5-19-7-14-27(26(31)16-19)36-29(33,34)35/h2,6-7,9-17H,1,3-5,8H2. The molecule has 0 radical (unpaired) electrons. The topological polar surface area (TPSA) is 9.23 Å². The molecule has 186 valence electrons. The summed E-state index contributed by atoms with van der Waals surface area (Å²) in [6, 6.07) is 16.5. The molecule has 0 aromatic heterocycles. The normalized spacial score (nSPS) is 11.6. The number of ether oxygens (including phenoxy) is 1. The lowest BCUT2D eigenvalue weighted by Gasteiger charge is -2.12. The predicted octanol–water partition coefficient (Wildman–Crippen LogP) is 8.73. The second-order valence-corrected chi connectivity index (χ2v) is 8.43. The molecule has 0 unspecified atom stereocenters. The Kier molecular flexibility index (Phi) is 7.38. The molecule has 0 aliphatic carbocycles. The van der Waals surface area contributed by atoms with Gasteiger partial charge in [-0.2, -0.15) is 0 Å². The van der Waals surface area contributed by atoms with Crippen molar-refractivity contribution in [1.29, 1.82) is 0 Å². The summed E-state index contributed by atoms with van der Waals surface area (Å²) in [5, 5.41) is 0.961. The summed E-state index contributed by atoms with van der Waals surface area (Å²) >= 11 is 0. The van der Waals surface area contributed by atoms with Crippen LogP contribution in [0.4, 0.5) is 26.3 Å². The fraction of sp³-hybridized carbons (Fsp3) is 0.172. The van der Waals surface area contributed by atoms with E-state index in [1.165, 1.54) is 12.1 Å². The van der Waals surface area contributed by atoms with Crippen LogP contribution in [0.15, 0.2) is 79.4 Å². The number of alkyl halides is 3. The van der Waals surface area contributed by atoms with Crippen molar-refractivity contribution < 1.29 is 31.1 Å². The molecule has 0 N–H and O–H groups in total. The fourth-order valence-electron chi connectivity index (χ4n) is 4.10. The van der Waals surface area contributed by atoms with E-state index < -0.39 is 23.7 Å². The van der Waals surface area contributed by atoms with Crippen LogP contribution in [-0.2, 0) is 19.3 Å². The second kappa shape index (κ2) is 10.5. The molecule has 0 amide bonds. The van der Waals surface area contributed by atoms with Crippen LogP contribution >= 0.6 is 0 Å². The summed E-state index contributed by atoms with van der Waals surface area (Å²) in [4.78, 5) is 0. The molecule has 1 nitrogen and oxygen atoms in total. The maximum Gasteiger partial charge on any atom is 0.573 e. The summed E-state index contributed by atoms with van der Waals surface area (Å²) in [6.07, 6.45) is -1.33. The van der Waals surface area contributed by atoms with Crippen molar-refractivity contribution in [3.05, 3.63) is 114 Å². The molecule has 0 bridgehead atoms. The first-order valence-electron chi connectivity index (χ1n) is 11.3. The molecule has 0 saturated carbocycles. The van der Waals surface area contributed by atoms with Crippen molar-refractivity contribution in [3.63, 3.8) is 0 Å². The van der Waals surface area contributed by atoms with Crippen LogP contribution in [0.5, 0.6) is 5.75 Å². The van der Waals surface area contributed by atoms with Gasteiger partial charge in [0.1, 0.15) is 11.6 Å². The molecule has 4 aromatic rings. The molecule has 0 atom stereocenters. The average Bonchev–Trinajstić information content (AvgIpc) is 2.83. The van der Waals surface area contributed by atoms with E-state index in [1.54, 1.807) is 42.5 Å². The van der Waals surface area contributed by atoms with E-state index in [-0.39, 0.29) is 18.7 Å². The molecule has 4 rings (SSSR count). The van der Waals surface area contributed by atoms with Crippen LogP contribution < -0.4 is 4.74 Å². The molecule has 4 aromatic carbocycles. The van der Waals surface area contributed by atoms with Gasteiger partial charge in [0.2, 0.25) is 0 Å². The highest BCUT2D eigenvalue weighted by Crippen LogP contribution is 2.31. The van der Waals surface area contributed by atoms with Gasteiger partial charge in [0.05, 0.1) is 0 Å². The van der Waals surface area contributed by atoms with Gasteiger partial charge in [-0.15, -0.1) is 19.8 Å².